The van der Waals surface area contributed by atoms with Crippen molar-refractivity contribution in [3.05, 3.63) is 64.9 Å². The van der Waals surface area contributed by atoms with E-state index in [1.54, 1.807) is 11.3 Å². The lowest BCUT2D eigenvalue weighted by Gasteiger charge is -2.40. The van der Waals surface area contributed by atoms with Crippen LogP contribution in [0.2, 0.25) is 0 Å². The molecule has 0 saturated carbocycles. The van der Waals surface area contributed by atoms with Gasteiger partial charge in [-0.1, -0.05) is 30.3 Å². The van der Waals surface area contributed by atoms with Crippen LogP contribution < -0.4 is 4.90 Å². The first-order chi connectivity index (χ1) is 13.8. The third kappa shape index (κ3) is 3.27. The number of thiophene rings is 1. The molecule has 0 aliphatic carbocycles. The molecule has 0 bridgehead atoms. The van der Waals surface area contributed by atoms with Gasteiger partial charge in [0.15, 0.2) is 11.5 Å². The van der Waals surface area contributed by atoms with Crippen LogP contribution in [0.4, 0.5) is 5.82 Å². The van der Waals surface area contributed by atoms with Crippen molar-refractivity contribution in [1.82, 2.24) is 24.7 Å². The van der Waals surface area contributed by atoms with Crippen LogP contribution >= 0.6 is 11.3 Å². The zero-order valence-electron chi connectivity index (χ0n) is 15.8. The first-order valence-corrected chi connectivity index (χ1v) is 10.5. The van der Waals surface area contributed by atoms with Crippen molar-refractivity contribution in [2.75, 3.05) is 24.5 Å². The zero-order valence-corrected chi connectivity index (χ0v) is 16.6. The Balaban J connectivity index is 1.36. The number of aromatic nitrogens is 4. The van der Waals surface area contributed by atoms with Gasteiger partial charge in [0.2, 0.25) is 0 Å². The number of rotatable bonds is 4. The summed E-state index contributed by atoms with van der Waals surface area (Å²) in [4.78, 5) is 4.91. The van der Waals surface area contributed by atoms with Gasteiger partial charge in [-0.15, -0.1) is 15.3 Å². The number of anilines is 1. The highest BCUT2D eigenvalue weighted by Gasteiger charge is 2.25. The molecule has 1 aliphatic heterocycles. The van der Waals surface area contributed by atoms with Crippen LogP contribution in [-0.2, 0) is 6.54 Å². The van der Waals surface area contributed by atoms with E-state index < -0.39 is 0 Å². The second kappa shape index (κ2) is 7.33. The second-order valence-electron chi connectivity index (χ2n) is 7.26. The Morgan fingerprint density at radius 3 is 2.71 bits per heavy atom. The molecule has 1 aromatic carbocycles. The summed E-state index contributed by atoms with van der Waals surface area (Å²) in [7, 11) is 0. The van der Waals surface area contributed by atoms with E-state index in [0.717, 1.165) is 49.0 Å². The van der Waals surface area contributed by atoms with Gasteiger partial charge in [0, 0.05) is 43.2 Å². The average Bonchev–Trinajstić information content (AvgIpc) is 3.38. The number of fused-ring (bicyclic) bond motifs is 1. The van der Waals surface area contributed by atoms with Gasteiger partial charge < -0.3 is 4.90 Å². The summed E-state index contributed by atoms with van der Waals surface area (Å²) in [6.45, 7) is 6.28. The monoisotopic (exact) mass is 390 g/mol. The van der Waals surface area contributed by atoms with Crippen LogP contribution in [0.5, 0.6) is 0 Å². The summed E-state index contributed by atoms with van der Waals surface area (Å²) in [6, 6.07) is 17.2. The highest BCUT2D eigenvalue weighted by molar-refractivity contribution is 7.08. The molecular weight excluding hydrogens is 368 g/mol. The Bertz CT molecular complexity index is 1060. The minimum atomic E-state index is 0.392. The molecule has 6 nitrogen and oxygen atoms in total. The molecule has 4 heterocycles. The topological polar surface area (TPSA) is 49.6 Å². The lowest BCUT2D eigenvalue weighted by molar-refractivity contribution is 0.220. The number of hydrogen-bond acceptors (Lipinski definition) is 6. The van der Waals surface area contributed by atoms with Gasteiger partial charge in [-0.05, 0) is 36.1 Å². The molecular formula is C21H22N6S. The molecule has 0 N–H and O–H groups in total. The Kier molecular flexibility index (Phi) is 4.54. The van der Waals surface area contributed by atoms with Crippen LogP contribution in [0, 0.1) is 0 Å². The zero-order chi connectivity index (χ0) is 18.9. The number of nitrogens with zero attached hydrogens (tertiary/aromatic N) is 6. The average molecular weight is 391 g/mol. The van der Waals surface area contributed by atoms with Gasteiger partial charge in [-0.3, -0.25) is 4.90 Å². The van der Waals surface area contributed by atoms with E-state index in [1.165, 1.54) is 5.56 Å². The third-order valence-corrected chi connectivity index (χ3v) is 5.97. The fraction of sp³-hybridized carbons (Fsp3) is 0.286. The largest absolute Gasteiger partial charge is 0.350 e. The molecule has 0 radical (unpaired) electrons. The van der Waals surface area contributed by atoms with Gasteiger partial charge in [0.25, 0.3) is 0 Å². The van der Waals surface area contributed by atoms with Gasteiger partial charge >= 0.3 is 0 Å². The Labute approximate surface area is 168 Å². The fourth-order valence-corrected chi connectivity index (χ4v) is 4.50. The summed E-state index contributed by atoms with van der Waals surface area (Å²) < 4.78 is 1.86. The summed E-state index contributed by atoms with van der Waals surface area (Å²) in [6.07, 6.45) is 0. The third-order valence-electron chi connectivity index (χ3n) is 5.28. The van der Waals surface area contributed by atoms with E-state index in [9.17, 15) is 0 Å². The molecule has 1 atom stereocenters. The van der Waals surface area contributed by atoms with Crippen LogP contribution in [0.25, 0.3) is 17.0 Å². The summed E-state index contributed by atoms with van der Waals surface area (Å²) >= 11 is 1.66. The van der Waals surface area contributed by atoms with E-state index in [2.05, 4.69) is 74.8 Å². The Hall–Kier alpha value is -2.77. The smallest absolute Gasteiger partial charge is 0.186 e. The number of piperazine rings is 1. The highest BCUT2D eigenvalue weighted by Crippen LogP contribution is 2.24. The van der Waals surface area contributed by atoms with Crippen molar-refractivity contribution < 1.29 is 0 Å². The first kappa shape index (κ1) is 17.3. The molecule has 3 aromatic heterocycles. The summed E-state index contributed by atoms with van der Waals surface area (Å²) in [5.41, 5.74) is 3.20. The lowest BCUT2D eigenvalue weighted by atomic mass is 10.1. The molecule has 1 aliphatic rings. The van der Waals surface area contributed by atoms with Crippen molar-refractivity contribution in [2.24, 2.45) is 0 Å². The Morgan fingerprint density at radius 2 is 1.93 bits per heavy atom. The van der Waals surface area contributed by atoms with Crippen LogP contribution in [0.1, 0.15) is 12.5 Å². The number of hydrogen-bond donors (Lipinski definition) is 0. The normalized spacial score (nSPS) is 18.0. The van der Waals surface area contributed by atoms with E-state index in [1.807, 2.05) is 16.0 Å². The van der Waals surface area contributed by atoms with Crippen molar-refractivity contribution in [1.29, 1.82) is 0 Å². The van der Waals surface area contributed by atoms with Crippen molar-refractivity contribution >= 4 is 22.8 Å². The van der Waals surface area contributed by atoms with E-state index in [-0.39, 0.29) is 0 Å². The molecule has 4 aromatic rings. The van der Waals surface area contributed by atoms with Gasteiger partial charge in [-0.2, -0.15) is 15.9 Å². The molecule has 142 valence electrons. The van der Waals surface area contributed by atoms with Gasteiger partial charge in [0.1, 0.15) is 5.82 Å². The minimum Gasteiger partial charge on any atom is -0.350 e. The second-order valence-corrected chi connectivity index (χ2v) is 8.04. The minimum absolute atomic E-state index is 0.392. The molecule has 7 heteroatoms. The van der Waals surface area contributed by atoms with Crippen LogP contribution in [0.15, 0.2) is 59.3 Å². The maximum absolute atomic E-state index is 4.88. The standard InChI is InChI=1S/C21H22N6S/c1-16-13-25(14-17-5-3-2-4-6-17)10-11-26(16)20-8-7-19-22-23-21(27(19)24-20)18-9-12-28-15-18/h2-9,12,15-16H,10-11,13-14H2,1H3. The number of benzene rings is 1. The van der Waals surface area contributed by atoms with Crippen molar-refractivity contribution in [3.63, 3.8) is 0 Å². The summed E-state index contributed by atoms with van der Waals surface area (Å²) in [5, 5.41) is 17.6. The fourth-order valence-electron chi connectivity index (χ4n) is 3.86. The maximum Gasteiger partial charge on any atom is 0.186 e. The van der Waals surface area contributed by atoms with Gasteiger partial charge in [-0.25, -0.2) is 0 Å². The maximum atomic E-state index is 4.88. The first-order valence-electron chi connectivity index (χ1n) is 9.56. The molecule has 0 amide bonds. The summed E-state index contributed by atoms with van der Waals surface area (Å²) in [5.74, 6) is 1.78. The Morgan fingerprint density at radius 1 is 1.04 bits per heavy atom. The molecule has 1 fully saturated rings. The lowest BCUT2D eigenvalue weighted by Crippen LogP contribution is -2.52. The van der Waals surface area contributed by atoms with E-state index >= 15 is 0 Å². The molecule has 28 heavy (non-hydrogen) atoms. The predicted molar refractivity (Wildman–Crippen MR) is 113 cm³/mol. The molecule has 1 unspecified atom stereocenters. The van der Waals surface area contributed by atoms with Crippen molar-refractivity contribution in [3.8, 4) is 11.4 Å². The molecule has 5 rings (SSSR count). The van der Waals surface area contributed by atoms with Crippen LogP contribution in [-0.4, -0.2) is 50.4 Å². The van der Waals surface area contributed by atoms with Crippen LogP contribution in [0.3, 0.4) is 0 Å². The quantitative estimate of drug-likeness (QED) is 0.533. The van der Waals surface area contributed by atoms with Crippen molar-refractivity contribution in [2.45, 2.75) is 19.5 Å². The SMILES string of the molecule is CC1CN(Cc2ccccc2)CCN1c1ccc2nnc(-c3ccsc3)n2n1. The highest BCUT2D eigenvalue weighted by atomic mass is 32.1. The van der Waals surface area contributed by atoms with E-state index in [0.29, 0.717) is 6.04 Å². The van der Waals surface area contributed by atoms with Gasteiger partial charge in [0.05, 0.1) is 0 Å². The predicted octanol–water partition coefficient (Wildman–Crippen LogP) is 3.56. The van der Waals surface area contributed by atoms with E-state index in [4.69, 9.17) is 5.10 Å². The molecule has 1 saturated heterocycles. The molecule has 0 spiro atoms.